The molecule has 0 saturated carbocycles. The van der Waals surface area contributed by atoms with E-state index in [0.717, 1.165) is 18.4 Å². The molecule has 1 unspecified atom stereocenters. The zero-order valence-electron chi connectivity index (χ0n) is 8.82. The highest BCUT2D eigenvalue weighted by Gasteiger charge is 2.34. The van der Waals surface area contributed by atoms with E-state index in [9.17, 15) is 8.42 Å². The van der Waals surface area contributed by atoms with Gasteiger partial charge in [0, 0.05) is 5.02 Å². The van der Waals surface area contributed by atoms with Crippen molar-refractivity contribution in [2.75, 3.05) is 12.3 Å². The molecule has 16 heavy (non-hydrogen) atoms. The van der Waals surface area contributed by atoms with E-state index < -0.39 is 9.84 Å². The van der Waals surface area contributed by atoms with Crippen molar-refractivity contribution in [1.82, 2.24) is 0 Å². The highest BCUT2D eigenvalue weighted by molar-refractivity contribution is 7.91. The molecule has 1 aliphatic rings. The first-order valence-corrected chi connectivity index (χ1v) is 7.30. The van der Waals surface area contributed by atoms with Gasteiger partial charge in [-0.1, -0.05) is 11.6 Å². The Kier molecular flexibility index (Phi) is 3.24. The number of fused-ring (bicyclic) bond motifs is 1. The Morgan fingerprint density at radius 1 is 1.44 bits per heavy atom. The van der Waals surface area contributed by atoms with Crippen molar-refractivity contribution in [2.24, 2.45) is 5.73 Å². The fourth-order valence-corrected chi connectivity index (χ4v) is 4.27. The van der Waals surface area contributed by atoms with Gasteiger partial charge in [-0.25, -0.2) is 8.42 Å². The Morgan fingerprint density at radius 3 is 2.88 bits per heavy atom. The minimum Gasteiger partial charge on any atom is -0.330 e. The molecule has 1 aromatic rings. The van der Waals surface area contributed by atoms with E-state index in [4.69, 9.17) is 17.3 Å². The molecular formula is C11H14ClNO2S. The van der Waals surface area contributed by atoms with Crippen molar-refractivity contribution >= 4 is 21.4 Å². The summed E-state index contributed by atoms with van der Waals surface area (Å²) in [6.07, 6.45) is 1.65. The summed E-state index contributed by atoms with van der Waals surface area (Å²) < 4.78 is 23.7. The first-order chi connectivity index (χ1) is 7.54. The third-order valence-corrected chi connectivity index (χ3v) is 5.04. The Morgan fingerprint density at radius 2 is 2.19 bits per heavy atom. The van der Waals surface area contributed by atoms with Crippen molar-refractivity contribution in [2.45, 2.75) is 23.7 Å². The van der Waals surface area contributed by atoms with Gasteiger partial charge in [-0.15, -0.1) is 0 Å². The van der Waals surface area contributed by atoms with E-state index in [1.165, 1.54) is 0 Å². The molecule has 1 aliphatic heterocycles. The van der Waals surface area contributed by atoms with Crippen LogP contribution in [0.5, 0.6) is 0 Å². The van der Waals surface area contributed by atoms with Gasteiger partial charge in [-0.05, 0) is 49.1 Å². The summed E-state index contributed by atoms with van der Waals surface area (Å²) in [7, 11) is -3.10. The second-order valence-electron chi connectivity index (χ2n) is 4.09. The largest absolute Gasteiger partial charge is 0.330 e. The van der Waals surface area contributed by atoms with E-state index in [0.29, 0.717) is 16.5 Å². The molecule has 5 heteroatoms. The Labute approximate surface area is 101 Å². The molecule has 1 aromatic carbocycles. The molecule has 0 fully saturated rings. The number of hydrogen-bond donors (Lipinski definition) is 1. The third-order valence-electron chi connectivity index (χ3n) is 2.92. The lowest BCUT2D eigenvalue weighted by Crippen LogP contribution is -2.06. The number of sulfone groups is 1. The van der Waals surface area contributed by atoms with Crippen LogP contribution in [-0.2, 0) is 9.84 Å². The molecule has 0 radical (unpaired) electrons. The Balaban J connectivity index is 2.40. The topological polar surface area (TPSA) is 60.2 Å². The van der Waals surface area contributed by atoms with Gasteiger partial charge < -0.3 is 5.73 Å². The maximum absolute atomic E-state index is 11.9. The predicted molar refractivity (Wildman–Crippen MR) is 64.5 cm³/mol. The van der Waals surface area contributed by atoms with Crippen molar-refractivity contribution in [3.63, 3.8) is 0 Å². The van der Waals surface area contributed by atoms with Crippen molar-refractivity contribution in [3.05, 3.63) is 28.8 Å². The second kappa shape index (κ2) is 4.35. The minimum atomic E-state index is -3.10. The van der Waals surface area contributed by atoms with E-state index in [1.807, 2.05) is 0 Å². The van der Waals surface area contributed by atoms with Crippen molar-refractivity contribution in [1.29, 1.82) is 0 Å². The summed E-state index contributed by atoms with van der Waals surface area (Å²) in [5, 5.41) is 0.591. The number of nitrogens with two attached hydrogens (primary N) is 1. The van der Waals surface area contributed by atoms with Crippen molar-refractivity contribution in [3.8, 4) is 0 Å². The summed E-state index contributed by atoms with van der Waals surface area (Å²) in [5.74, 6) is 0.255. The van der Waals surface area contributed by atoms with Crippen LogP contribution in [0.1, 0.15) is 24.3 Å². The fourth-order valence-electron chi connectivity index (χ4n) is 2.17. The summed E-state index contributed by atoms with van der Waals surface area (Å²) in [6.45, 7) is 0.590. The lowest BCUT2D eigenvalue weighted by Gasteiger charge is -2.08. The van der Waals surface area contributed by atoms with Gasteiger partial charge in [0.2, 0.25) is 0 Å². The lowest BCUT2D eigenvalue weighted by molar-refractivity contribution is 0.591. The first kappa shape index (κ1) is 11.9. The molecular weight excluding hydrogens is 246 g/mol. The van der Waals surface area contributed by atoms with Gasteiger partial charge in [-0.3, -0.25) is 0 Å². The second-order valence-corrected chi connectivity index (χ2v) is 6.53. The van der Waals surface area contributed by atoms with E-state index >= 15 is 0 Å². The quantitative estimate of drug-likeness (QED) is 0.903. The van der Waals surface area contributed by atoms with E-state index in [1.54, 1.807) is 18.2 Å². The SMILES string of the molecule is NCCCC1CS(=O)(=O)c2ccc(Cl)cc21. The molecule has 0 bridgehead atoms. The normalized spacial score (nSPS) is 22.0. The third kappa shape index (κ3) is 2.10. The van der Waals surface area contributed by atoms with Gasteiger partial charge in [0.1, 0.15) is 0 Å². The maximum Gasteiger partial charge on any atom is 0.179 e. The fraction of sp³-hybridized carbons (Fsp3) is 0.455. The van der Waals surface area contributed by atoms with Crippen LogP contribution in [0.2, 0.25) is 5.02 Å². The molecule has 2 N–H and O–H groups in total. The van der Waals surface area contributed by atoms with Crippen LogP contribution in [-0.4, -0.2) is 20.7 Å². The number of hydrogen-bond acceptors (Lipinski definition) is 3. The van der Waals surface area contributed by atoms with Gasteiger partial charge in [0.25, 0.3) is 0 Å². The van der Waals surface area contributed by atoms with Crippen LogP contribution in [0, 0.1) is 0 Å². The zero-order valence-corrected chi connectivity index (χ0v) is 10.4. The zero-order chi connectivity index (χ0) is 11.8. The molecule has 88 valence electrons. The van der Waals surface area contributed by atoms with E-state index in [-0.39, 0.29) is 11.7 Å². The monoisotopic (exact) mass is 259 g/mol. The minimum absolute atomic E-state index is 0.0576. The molecule has 0 saturated heterocycles. The average Bonchev–Trinajstić information content (AvgIpc) is 2.47. The van der Waals surface area contributed by atoms with Gasteiger partial charge in [-0.2, -0.15) is 0 Å². The van der Waals surface area contributed by atoms with Crippen LogP contribution in [0.15, 0.2) is 23.1 Å². The molecule has 0 amide bonds. The molecule has 1 heterocycles. The first-order valence-electron chi connectivity index (χ1n) is 5.27. The van der Waals surface area contributed by atoms with Crippen LogP contribution < -0.4 is 5.73 Å². The smallest absolute Gasteiger partial charge is 0.179 e. The summed E-state index contributed by atoms with van der Waals surface area (Å²) in [5.41, 5.74) is 6.31. The van der Waals surface area contributed by atoms with Gasteiger partial charge in [0.15, 0.2) is 9.84 Å². The maximum atomic E-state index is 11.9. The highest BCUT2D eigenvalue weighted by atomic mass is 35.5. The summed E-state index contributed by atoms with van der Waals surface area (Å²) in [4.78, 5) is 0.443. The Bertz CT molecular complexity index is 499. The standard InChI is InChI=1S/C11H14ClNO2S/c12-9-3-4-11-10(6-9)8(2-1-5-13)7-16(11,14)15/h3-4,6,8H,1-2,5,7,13H2. The summed E-state index contributed by atoms with van der Waals surface area (Å²) in [6, 6.07) is 5.00. The Hall–Kier alpha value is -0.580. The average molecular weight is 260 g/mol. The van der Waals surface area contributed by atoms with Crippen molar-refractivity contribution < 1.29 is 8.42 Å². The van der Waals surface area contributed by atoms with E-state index in [2.05, 4.69) is 0 Å². The molecule has 0 aliphatic carbocycles. The molecule has 2 rings (SSSR count). The highest BCUT2D eigenvalue weighted by Crippen LogP contribution is 2.38. The van der Waals surface area contributed by atoms with Crippen LogP contribution >= 0.6 is 11.6 Å². The molecule has 0 aromatic heterocycles. The number of halogens is 1. The number of benzene rings is 1. The molecule has 0 spiro atoms. The van der Waals surface area contributed by atoms with Crippen LogP contribution in [0.25, 0.3) is 0 Å². The number of rotatable bonds is 3. The van der Waals surface area contributed by atoms with Gasteiger partial charge in [0.05, 0.1) is 10.6 Å². The predicted octanol–water partition coefficient (Wildman–Crippen LogP) is 1.95. The van der Waals surface area contributed by atoms with Gasteiger partial charge >= 0.3 is 0 Å². The van der Waals surface area contributed by atoms with Crippen LogP contribution in [0.4, 0.5) is 0 Å². The molecule has 1 atom stereocenters. The molecule has 3 nitrogen and oxygen atoms in total. The lowest BCUT2D eigenvalue weighted by atomic mass is 9.96. The van der Waals surface area contributed by atoms with Crippen LogP contribution in [0.3, 0.4) is 0 Å². The summed E-state index contributed by atoms with van der Waals surface area (Å²) >= 11 is 5.90.